The van der Waals surface area contributed by atoms with Crippen molar-refractivity contribution in [3.63, 3.8) is 0 Å². The van der Waals surface area contributed by atoms with E-state index < -0.39 is 0 Å². The van der Waals surface area contributed by atoms with E-state index in [1.807, 2.05) is 0 Å². The molecule has 1 atom stereocenters. The van der Waals surface area contributed by atoms with Gasteiger partial charge >= 0.3 is 0 Å². The second-order valence-electron chi connectivity index (χ2n) is 8.52. The summed E-state index contributed by atoms with van der Waals surface area (Å²) in [6.07, 6.45) is 24.4. The van der Waals surface area contributed by atoms with Crippen molar-refractivity contribution in [2.75, 3.05) is 6.54 Å². The minimum absolute atomic E-state index is 0.262. The fraction of sp³-hybridized carbons (Fsp3) is 0.960. The van der Waals surface area contributed by atoms with Crippen LogP contribution in [0.1, 0.15) is 143 Å². The molecule has 0 aliphatic carbocycles. The Morgan fingerprint density at radius 3 is 1.41 bits per heavy atom. The molecule has 0 fully saturated rings. The highest BCUT2D eigenvalue weighted by atomic mass is 16.1. The lowest BCUT2D eigenvalue weighted by Crippen LogP contribution is -2.31. The van der Waals surface area contributed by atoms with Crippen molar-refractivity contribution in [1.82, 2.24) is 5.32 Å². The van der Waals surface area contributed by atoms with E-state index in [-0.39, 0.29) is 5.92 Å². The summed E-state index contributed by atoms with van der Waals surface area (Å²) in [6, 6.07) is 0. The van der Waals surface area contributed by atoms with Gasteiger partial charge in [-0.15, -0.1) is 0 Å². The highest BCUT2D eigenvalue weighted by Crippen LogP contribution is 2.19. The van der Waals surface area contributed by atoms with Crippen molar-refractivity contribution >= 4 is 5.91 Å². The van der Waals surface area contributed by atoms with Gasteiger partial charge in [-0.2, -0.15) is 0 Å². The summed E-state index contributed by atoms with van der Waals surface area (Å²) in [4.78, 5) is 12.6. The molecule has 0 aliphatic rings. The number of carbonyl (C=O) groups excluding carboxylic acids is 1. The van der Waals surface area contributed by atoms with Gasteiger partial charge in [-0.1, -0.05) is 124 Å². The largest absolute Gasteiger partial charge is 0.356 e. The maximum Gasteiger partial charge on any atom is 0.223 e. The highest BCUT2D eigenvalue weighted by molar-refractivity contribution is 5.78. The summed E-state index contributed by atoms with van der Waals surface area (Å²) in [6.45, 7) is 7.67. The predicted octanol–water partition coefficient (Wildman–Crippen LogP) is 8.19. The van der Waals surface area contributed by atoms with Crippen molar-refractivity contribution in [3.8, 4) is 0 Å². The molecule has 0 bridgehead atoms. The Kier molecular flexibility index (Phi) is 21.3. The van der Waals surface area contributed by atoms with Gasteiger partial charge in [-0.3, -0.25) is 4.79 Å². The first-order chi connectivity index (χ1) is 13.3. The molecule has 0 saturated carbocycles. The second-order valence-corrected chi connectivity index (χ2v) is 8.52. The van der Waals surface area contributed by atoms with Crippen LogP contribution in [0.25, 0.3) is 0 Å². The van der Waals surface area contributed by atoms with E-state index in [1.165, 1.54) is 103 Å². The first kappa shape index (κ1) is 26.5. The first-order valence-electron chi connectivity index (χ1n) is 12.5. The number of unbranched alkanes of at least 4 members (excludes halogenated alkanes) is 14. The fourth-order valence-electron chi connectivity index (χ4n) is 3.83. The molecular weight excluding hydrogens is 330 g/mol. The maximum absolute atomic E-state index is 12.6. The molecule has 27 heavy (non-hydrogen) atoms. The Morgan fingerprint density at radius 2 is 0.926 bits per heavy atom. The molecule has 0 heterocycles. The zero-order valence-electron chi connectivity index (χ0n) is 19.1. The van der Waals surface area contributed by atoms with Crippen LogP contribution in [0.5, 0.6) is 0 Å². The Balaban J connectivity index is 3.93. The second kappa shape index (κ2) is 21.8. The number of nitrogens with one attached hydrogen (secondary N) is 1. The highest BCUT2D eigenvalue weighted by Gasteiger charge is 2.17. The predicted molar refractivity (Wildman–Crippen MR) is 121 cm³/mol. The lowest BCUT2D eigenvalue weighted by Gasteiger charge is -2.17. The summed E-state index contributed by atoms with van der Waals surface area (Å²) in [5, 5.41) is 3.25. The van der Waals surface area contributed by atoms with Gasteiger partial charge < -0.3 is 5.32 Å². The van der Waals surface area contributed by atoms with Crippen molar-refractivity contribution in [1.29, 1.82) is 0 Å². The van der Waals surface area contributed by atoms with Gasteiger partial charge in [0.15, 0.2) is 0 Å². The zero-order chi connectivity index (χ0) is 20.0. The van der Waals surface area contributed by atoms with Crippen LogP contribution in [-0.4, -0.2) is 12.5 Å². The third-order valence-corrected chi connectivity index (χ3v) is 5.76. The summed E-state index contributed by atoms with van der Waals surface area (Å²) in [7, 11) is 0. The number of hydrogen-bond acceptors (Lipinski definition) is 1. The summed E-state index contributed by atoms with van der Waals surface area (Å²) in [5.41, 5.74) is 0. The summed E-state index contributed by atoms with van der Waals surface area (Å²) < 4.78 is 0. The van der Waals surface area contributed by atoms with Crippen LogP contribution in [0, 0.1) is 5.92 Å². The van der Waals surface area contributed by atoms with Gasteiger partial charge in [0.05, 0.1) is 0 Å². The van der Waals surface area contributed by atoms with Gasteiger partial charge in [0.2, 0.25) is 5.91 Å². The normalized spacial score (nSPS) is 12.3. The van der Waals surface area contributed by atoms with E-state index in [2.05, 4.69) is 26.1 Å². The van der Waals surface area contributed by atoms with E-state index in [1.54, 1.807) is 0 Å². The molecule has 0 aromatic rings. The Bertz CT molecular complexity index is 303. The molecule has 162 valence electrons. The standard InChI is InChI=1S/C25H51NO/c1-4-7-10-13-15-17-20-23-26-25(27)24(21-18-12-9-6-3)22-19-16-14-11-8-5-2/h24H,4-23H2,1-3H3,(H,26,27). The number of amides is 1. The van der Waals surface area contributed by atoms with Crippen molar-refractivity contribution in [2.45, 2.75) is 143 Å². The quantitative estimate of drug-likeness (QED) is 0.199. The molecule has 0 aliphatic heterocycles. The molecule has 0 aromatic carbocycles. The summed E-state index contributed by atoms with van der Waals surface area (Å²) in [5.74, 6) is 0.601. The third-order valence-electron chi connectivity index (χ3n) is 5.76. The van der Waals surface area contributed by atoms with E-state index in [4.69, 9.17) is 0 Å². The topological polar surface area (TPSA) is 29.1 Å². The van der Waals surface area contributed by atoms with Crippen LogP contribution in [-0.2, 0) is 4.79 Å². The number of rotatable bonds is 21. The fourth-order valence-corrected chi connectivity index (χ4v) is 3.83. The maximum atomic E-state index is 12.6. The molecule has 0 radical (unpaired) electrons. The SMILES string of the molecule is CCCCCCCCCNC(=O)C(CCCCCC)CCCCCCCC. The molecule has 1 amide bonds. The summed E-state index contributed by atoms with van der Waals surface area (Å²) >= 11 is 0. The molecular formula is C25H51NO. The van der Waals surface area contributed by atoms with Crippen LogP contribution in [0.15, 0.2) is 0 Å². The van der Waals surface area contributed by atoms with Gasteiger partial charge in [-0.25, -0.2) is 0 Å². The van der Waals surface area contributed by atoms with Crippen LogP contribution < -0.4 is 5.32 Å². The van der Waals surface area contributed by atoms with Crippen LogP contribution in [0.3, 0.4) is 0 Å². The van der Waals surface area contributed by atoms with E-state index >= 15 is 0 Å². The average molecular weight is 382 g/mol. The molecule has 1 N–H and O–H groups in total. The lowest BCUT2D eigenvalue weighted by atomic mass is 9.93. The van der Waals surface area contributed by atoms with E-state index in [0.717, 1.165) is 25.8 Å². The Labute approximate surface area is 171 Å². The molecule has 2 heteroatoms. The minimum Gasteiger partial charge on any atom is -0.356 e. The van der Waals surface area contributed by atoms with Crippen LogP contribution in [0.4, 0.5) is 0 Å². The van der Waals surface area contributed by atoms with Gasteiger partial charge in [0.1, 0.15) is 0 Å². The Hall–Kier alpha value is -0.530. The number of hydrogen-bond donors (Lipinski definition) is 1. The van der Waals surface area contributed by atoms with E-state index in [9.17, 15) is 4.79 Å². The molecule has 0 rings (SSSR count). The molecule has 0 aromatic heterocycles. The average Bonchev–Trinajstić information content (AvgIpc) is 2.68. The number of carbonyl (C=O) groups is 1. The van der Waals surface area contributed by atoms with E-state index in [0.29, 0.717) is 5.91 Å². The van der Waals surface area contributed by atoms with Crippen molar-refractivity contribution in [3.05, 3.63) is 0 Å². The zero-order valence-corrected chi connectivity index (χ0v) is 19.1. The smallest absolute Gasteiger partial charge is 0.223 e. The molecule has 1 unspecified atom stereocenters. The monoisotopic (exact) mass is 381 g/mol. The first-order valence-corrected chi connectivity index (χ1v) is 12.5. The van der Waals surface area contributed by atoms with Crippen LogP contribution in [0.2, 0.25) is 0 Å². The van der Waals surface area contributed by atoms with Gasteiger partial charge in [0, 0.05) is 12.5 Å². The van der Waals surface area contributed by atoms with Gasteiger partial charge in [0.25, 0.3) is 0 Å². The van der Waals surface area contributed by atoms with Gasteiger partial charge in [-0.05, 0) is 19.3 Å². The van der Waals surface area contributed by atoms with Crippen LogP contribution >= 0.6 is 0 Å². The lowest BCUT2D eigenvalue weighted by molar-refractivity contribution is -0.125. The molecule has 2 nitrogen and oxygen atoms in total. The van der Waals surface area contributed by atoms with Crippen molar-refractivity contribution < 1.29 is 4.79 Å². The Morgan fingerprint density at radius 1 is 0.556 bits per heavy atom. The molecule has 0 spiro atoms. The third kappa shape index (κ3) is 18.6. The minimum atomic E-state index is 0.262. The molecule has 0 saturated heterocycles. The van der Waals surface area contributed by atoms with Crippen molar-refractivity contribution in [2.24, 2.45) is 5.92 Å².